The molecule has 1 aromatic carbocycles. The number of aryl methyl sites for hydroxylation is 1. The normalized spacial score (nSPS) is 21.1. The average Bonchev–Trinajstić information content (AvgIpc) is 2.42. The Morgan fingerprint density at radius 3 is 2.19 bits per heavy atom. The minimum atomic E-state index is -3.99. The summed E-state index contributed by atoms with van der Waals surface area (Å²) in [5, 5.41) is 10.1. The number of aliphatic hydroxyl groups is 1. The number of hydrogen-bond donors (Lipinski definition) is 1. The van der Waals surface area contributed by atoms with Crippen LogP contribution in [0.3, 0.4) is 0 Å². The molecule has 1 N–H and O–H groups in total. The Kier molecular flexibility index (Phi) is 4.37. The van der Waals surface area contributed by atoms with Crippen molar-refractivity contribution in [1.82, 2.24) is 0 Å². The first-order valence-corrected chi connectivity index (χ1v) is 8.09. The van der Waals surface area contributed by atoms with Crippen LogP contribution in [0.1, 0.15) is 31.2 Å². The van der Waals surface area contributed by atoms with Gasteiger partial charge in [-0.25, -0.2) is 8.78 Å². The van der Waals surface area contributed by atoms with Gasteiger partial charge in [-0.15, -0.1) is 0 Å². The van der Waals surface area contributed by atoms with Crippen molar-refractivity contribution in [1.29, 1.82) is 0 Å². The van der Waals surface area contributed by atoms with Crippen molar-refractivity contribution >= 4 is 10.1 Å². The zero-order chi connectivity index (χ0) is 15.7. The highest BCUT2D eigenvalue weighted by molar-refractivity contribution is 7.86. The van der Waals surface area contributed by atoms with E-state index in [0.717, 1.165) is 5.56 Å². The van der Waals surface area contributed by atoms with Gasteiger partial charge in [0, 0.05) is 12.8 Å². The Morgan fingerprint density at radius 1 is 1.14 bits per heavy atom. The van der Waals surface area contributed by atoms with E-state index in [1.807, 2.05) is 6.92 Å². The summed E-state index contributed by atoms with van der Waals surface area (Å²) in [5.74, 6) is -2.79. The number of benzene rings is 1. The monoisotopic (exact) mass is 320 g/mol. The number of rotatable bonds is 4. The van der Waals surface area contributed by atoms with Crippen LogP contribution in [0.25, 0.3) is 0 Å². The SMILES string of the molecule is Cc1ccc(S(=O)(=O)OCC2(O)CCC(F)(F)CC2)cc1. The molecule has 21 heavy (non-hydrogen) atoms. The summed E-state index contributed by atoms with van der Waals surface area (Å²) in [7, 11) is -3.99. The van der Waals surface area contributed by atoms with Crippen molar-refractivity contribution in [2.75, 3.05) is 6.61 Å². The quantitative estimate of drug-likeness (QED) is 0.866. The summed E-state index contributed by atoms with van der Waals surface area (Å²) in [5.41, 5.74) is -0.610. The second kappa shape index (κ2) is 5.62. The van der Waals surface area contributed by atoms with Gasteiger partial charge in [-0.3, -0.25) is 4.18 Å². The van der Waals surface area contributed by atoms with Gasteiger partial charge >= 0.3 is 0 Å². The van der Waals surface area contributed by atoms with E-state index in [1.165, 1.54) is 12.1 Å². The van der Waals surface area contributed by atoms with Crippen LogP contribution in [-0.2, 0) is 14.3 Å². The molecular weight excluding hydrogens is 302 g/mol. The maximum atomic E-state index is 13.1. The summed E-state index contributed by atoms with van der Waals surface area (Å²) in [6.45, 7) is 1.32. The molecule has 0 amide bonds. The van der Waals surface area contributed by atoms with E-state index in [2.05, 4.69) is 0 Å². The maximum absolute atomic E-state index is 13.1. The van der Waals surface area contributed by atoms with Gasteiger partial charge in [0.2, 0.25) is 5.92 Å². The minimum absolute atomic E-state index is 0.0159. The summed E-state index contributed by atoms with van der Waals surface area (Å²) in [4.78, 5) is -0.0159. The molecule has 1 aromatic rings. The highest BCUT2D eigenvalue weighted by Gasteiger charge is 2.43. The Morgan fingerprint density at radius 2 is 1.67 bits per heavy atom. The number of alkyl halides is 2. The van der Waals surface area contributed by atoms with E-state index in [1.54, 1.807) is 12.1 Å². The van der Waals surface area contributed by atoms with Gasteiger partial charge in [0.1, 0.15) is 0 Å². The fourth-order valence-electron chi connectivity index (χ4n) is 2.19. The van der Waals surface area contributed by atoms with E-state index in [0.29, 0.717) is 0 Å². The highest BCUT2D eigenvalue weighted by Crippen LogP contribution is 2.38. The van der Waals surface area contributed by atoms with Crippen LogP contribution in [0, 0.1) is 6.92 Å². The van der Waals surface area contributed by atoms with Gasteiger partial charge in [0.05, 0.1) is 17.1 Å². The van der Waals surface area contributed by atoms with Crippen molar-refractivity contribution < 1.29 is 26.5 Å². The van der Waals surface area contributed by atoms with Crippen LogP contribution in [0.4, 0.5) is 8.78 Å². The molecule has 0 aliphatic heterocycles. The molecule has 1 aliphatic rings. The van der Waals surface area contributed by atoms with Crippen LogP contribution >= 0.6 is 0 Å². The molecule has 7 heteroatoms. The highest BCUT2D eigenvalue weighted by atomic mass is 32.2. The lowest BCUT2D eigenvalue weighted by Gasteiger charge is -2.35. The van der Waals surface area contributed by atoms with Crippen LogP contribution < -0.4 is 0 Å². The summed E-state index contributed by atoms with van der Waals surface area (Å²) in [6, 6.07) is 6.08. The molecule has 1 fully saturated rings. The lowest BCUT2D eigenvalue weighted by Crippen LogP contribution is -2.42. The lowest BCUT2D eigenvalue weighted by atomic mass is 9.83. The molecular formula is C14H18F2O4S. The zero-order valence-corrected chi connectivity index (χ0v) is 12.5. The topological polar surface area (TPSA) is 63.6 Å². The van der Waals surface area contributed by atoms with E-state index >= 15 is 0 Å². The molecule has 0 saturated heterocycles. The fraction of sp³-hybridized carbons (Fsp3) is 0.571. The van der Waals surface area contributed by atoms with Crippen LogP contribution in [0.2, 0.25) is 0 Å². The first kappa shape index (κ1) is 16.3. The number of halogens is 2. The maximum Gasteiger partial charge on any atom is 0.297 e. The molecule has 1 saturated carbocycles. The summed E-state index contributed by atoms with van der Waals surface area (Å²) >= 11 is 0. The molecule has 0 atom stereocenters. The van der Waals surface area contributed by atoms with Crippen molar-refractivity contribution in [3.05, 3.63) is 29.8 Å². The van der Waals surface area contributed by atoms with Gasteiger partial charge in [-0.1, -0.05) is 17.7 Å². The van der Waals surface area contributed by atoms with E-state index in [9.17, 15) is 22.3 Å². The third kappa shape index (κ3) is 4.21. The zero-order valence-electron chi connectivity index (χ0n) is 11.7. The number of hydrogen-bond acceptors (Lipinski definition) is 4. The Labute approximate surface area is 122 Å². The van der Waals surface area contributed by atoms with Crippen molar-refractivity contribution in [3.63, 3.8) is 0 Å². The average molecular weight is 320 g/mol. The summed E-state index contributed by atoms with van der Waals surface area (Å²) in [6.07, 6.45) is -1.28. The van der Waals surface area contributed by atoms with Crippen LogP contribution in [0.15, 0.2) is 29.2 Å². The largest absolute Gasteiger partial charge is 0.387 e. The molecule has 0 heterocycles. The second-order valence-corrected chi connectivity index (χ2v) is 7.23. The third-order valence-corrected chi connectivity index (χ3v) is 4.98. The van der Waals surface area contributed by atoms with Crippen LogP contribution in [0.5, 0.6) is 0 Å². The van der Waals surface area contributed by atoms with Gasteiger partial charge in [0.25, 0.3) is 10.1 Å². The first-order valence-electron chi connectivity index (χ1n) is 6.68. The van der Waals surface area contributed by atoms with Crippen molar-refractivity contribution in [2.45, 2.75) is 49.0 Å². The molecule has 0 aromatic heterocycles. The van der Waals surface area contributed by atoms with Gasteiger partial charge < -0.3 is 5.11 Å². The van der Waals surface area contributed by atoms with Gasteiger partial charge in [0.15, 0.2) is 0 Å². The van der Waals surface area contributed by atoms with Gasteiger partial charge in [-0.05, 0) is 31.9 Å². The van der Waals surface area contributed by atoms with E-state index < -0.39 is 41.1 Å². The Balaban J connectivity index is 2.00. The smallest absolute Gasteiger partial charge is 0.297 e. The summed E-state index contributed by atoms with van der Waals surface area (Å²) < 4.78 is 54.9. The molecule has 0 bridgehead atoms. The van der Waals surface area contributed by atoms with E-state index in [-0.39, 0.29) is 17.7 Å². The molecule has 0 spiro atoms. The minimum Gasteiger partial charge on any atom is -0.387 e. The van der Waals surface area contributed by atoms with Crippen molar-refractivity contribution in [2.24, 2.45) is 0 Å². The molecule has 1 aliphatic carbocycles. The van der Waals surface area contributed by atoms with E-state index in [4.69, 9.17) is 4.18 Å². The Hall–Kier alpha value is -1.05. The second-order valence-electron chi connectivity index (χ2n) is 5.61. The molecule has 118 valence electrons. The van der Waals surface area contributed by atoms with Crippen LogP contribution in [-0.4, -0.2) is 31.7 Å². The molecule has 2 rings (SSSR count). The van der Waals surface area contributed by atoms with Gasteiger partial charge in [-0.2, -0.15) is 8.42 Å². The molecule has 4 nitrogen and oxygen atoms in total. The predicted octanol–water partition coefficient (Wildman–Crippen LogP) is 2.64. The lowest BCUT2D eigenvalue weighted by molar-refractivity contribution is -0.115. The van der Waals surface area contributed by atoms with Crippen molar-refractivity contribution in [3.8, 4) is 0 Å². The third-order valence-electron chi connectivity index (χ3n) is 3.70. The fourth-order valence-corrected chi connectivity index (χ4v) is 3.17. The predicted molar refractivity (Wildman–Crippen MR) is 72.7 cm³/mol. The first-order chi connectivity index (χ1) is 9.62. The molecule has 0 unspecified atom stereocenters. The molecule has 0 radical (unpaired) electrons. The standard InChI is InChI=1S/C14H18F2O4S/c1-11-2-4-12(5-3-11)21(18,19)20-10-13(17)6-8-14(15,16)9-7-13/h2-5,17H,6-10H2,1H3. The Bertz CT molecular complexity index is 586.